The van der Waals surface area contributed by atoms with Crippen LogP contribution >= 0.6 is 0 Å². The minimum Gasteiger partial charge on any atom is -0.497 e. The van der Waals surface area contributed by atoms with E-state index >= 15 is 0 Å². The molecule has 0 radical (unpaired) electrons. The van der Waals surface area contributed by atoms with Gasteiger partial charge in [0, 0.05) is 30.3 Å². The molecule has 0 aliphatic carbocycles. The van der Waals surface area contributed by atoms with Crippen molar-refractivity contribution in [2.45, 2.75) is 26.3 Å². The van der Waals surface area contributed by atoms with E-state index in [4.69, 9.17) is 9.47 Å². The van der Waals surface area contributed by atoms with Crippen molar-refractivity contribution < 1.29 is 14.3 Å². The predicted molar refractivity (Wildman–Crippen MR) is 120 cm³/mol. The van der Waals surface area contributed by atoms with Crippen LogP contribution in [0.2, 0.25) is 0 Å². The molecule has 0 unspecified atom stereocenters. The summed E-state index contributed by atoms with van der Waals surface area (Å²) in [5, 5.41) is 2.82. The largest absolute Gasteiger partial charge is 0.497 e. The summed E-state index contributed by atoms with van der Waals surface area (Å²) in [6, 6.07) is 15.9. The van der Waals surface area contributed by atoms with Crippen molar-refractivity contribution in [1.82, 2.24) is 14.9 Å². The number of benzene rings is 2. The summed E-state index contributed by atoms with van der Waals surface area (Å²) in [5.74, 6) is 1.29. The Hall–Kier alpha value is -3.61. The lowest BCUT2D eigenvalue weighted by Crippen LogP contribution is -2.30. The van der Waals surface area contributed by atoms with Gasteiger partial charge in [0.05, 0.1) is 25.7 Å². The summed E-state index contributed by atoms with van der Waals surface area (Å²) in [6.45, 7) is 3.42. The molecular weight excluding hydrogens is 394 g/mol. The molecule has 0 aliphatic heterocycles. The van der Waals surface area contributed by atoms with Gasteiger partial charge in [-0.05, 0) is 55.0 Å². The maximum absolute atomic E-state index is 12.4. The zero-order valence-electron chi connectivity index (χ0n) is 17.8. The monoisotopic (exact) mass is 421 g/mol. The van der Waals surface area contributed by atoms with Crippen LogP contribution in [0.3, 0.4) is 0 Å². The second-order valence-corrected chi connectivity index (χ2v) is 7.02. The van der Waals surface area contributed by atoms with Crippen LogP contribution in [0.15, 0.2) is 65.7 Å². The van der Waals surface area contributed by atoms with Crippen LogP contribution in [-0.2, 0) is 6.54 Å². The summed E-state index contributed by atoms with van der Waals surface area (Å²) in [4.78, 5) is 29.1. The molecule has 1 heterocycles. The highest BCUT2D eigenvalue weighted by atomic mass is 16.5. The maximum atomic E-state index is 12.4. The number of rotatable bonds is 10. The molecule has 0 spiro atoms. The Morgan fingerprint density at radius 2 is 1.77 bits per heavy atom. The molecule has 0 saturated heterocycles. The van der Waals surface area contributed by atoms with Crippen molar-refractivity contribution in [3.63, 3.8) is 0 Å². The van der Waals surface area contributed by atoms with Gasteiger partial charge in [-0.15, -0.1) is 0 Å². The van der Waals surface area contributed by atoms with Crippen LogP contribution in [0.25, 0.3) is 11.3 Å². The first-order chi connectivity index (χ1) is 15.1. The van der Waals surface area contributed by atoms with Gasteiger partial charge >= 0.3 is 0 Å². The van der Waals surface area contributed by atoms with Gasteiger partial charge in [0.2, 0.25) is 0 Å². The fourth-order valence-electron chi connectivity index (χ4n) is 2.94. The fraction of sp³-hybridized carbons (Fsp3) is 0.292. The van der Waals surface area contributed by atoms with Gasteiger partial charge in [-0.2, -0.15) is 0 Å². The average Bonchev–Trinajstić information content (AvgIpc) is 2.80. The number of hydrogen-bond donors (Lipinski definition) is 1. The number of carbonyl (C=O) groups excluding carboxylic acids is 1. The topological polar surface area (TPSA) is 82.4 Å². The molecule has 2 aromatic carbocycles. The molecule has 0 saturated carbocycles. The van der Waals surface area contributed by atoms with Gasteiger partial charge in [0.15, 0.2) is 0 Å². The van der Waals surface area contributed by atoms with Gasteiger partial charge in [-0.1, -0.05) is 13.3 Å². The summed E-state index contributed by atoms with van der Waals surface area (Å²) in [6.07, 6.45) is 3.57. The second-order valence-electron chi connectivity index (χ2n) is 7.02. The Bertz CT molecular complexity index is 1040. The molecule has 1 N–H and O–H groups in total. The lowest BCUT2D eigenvalue weighted by atomic mass is 10.1. The van der Waals surface area contributed by atoms with Crippen LogP contribution < -0.4 is 20.3 Å². The number of carbonyl (C=O) groups is 1. The highest BCUT2D eigenvalue weighted by molar-refractivity contribution is 5.94. The third-order valence-corrected chi connectivity index (χ3v) is 4.79. The molecule has 7 nitrogen and oxygen atoms in total. The first kappa shape index (κ1) is 22.1. The number of methoxy groups -OCH3 is 1. The van der Waals surface area contributed by atoms with Gasteiger partial charge in [0.25, 0.3) is 11.5 Å². The summed E-state index contributed by atoms with van der Waals surface area (Å²) in [7, 11) is 1.60. The molecule has 0 aliphatic rings. The van der Waals surface area contributed by atoms with Crippen molar-refractivity contribution in [3.8, 4) is 22.8 Å². The minimum absolute atomic E-state index is 0.177. The number of hydrogen-bond acceptors (Lipinski definition) is 5. The molecule has 3 aromatic rings. The molecule has 0 bridgehead atoms. The van der Waals surface area contributed by atoms with E-state index < -0.39 is 0 Å². The number of aromatic nitrogens is 2. The van der Waals surface area contributed by atoms with E-state index in [9.17, 15) is 9.59 Å². The zero-order valence-corrected chi connectivity index (χ0v) is 17.8. The first-order valence-corrected chi connectivity index (χ1v) is 10.3. The number of ether oxygens (including phenoxy) is 2. The van der Waals surface area contributed by atoms with Gasteiger partial charge in [-0.25, -0.2) is 4.98 Å². The Morgan fingerprint density at radius 1 is 1.06 bits per heavy atom. The average molecular weight is 421 g/mol. The van der Waals surface area contributed by atoms with Crippen LogP contribution in [-0.4, -0.2) is 35.7 Å². The van der Waals surface area contributed by atoms with Crippen molar-refractivity contribution in [3.05, 3.63) is 76.8 Å². The minimum atomic E-state index is -0.198. The first-order valence-electron chi connectivity index (χ1n) is 10.3. The number of nitrogens with zero attached hydrogens (tertiary/aromatic N) is 2. The van der Waals surface area contributed by atoms with E-state index in [1.165, 1.54) is 17.0 Å². The molecule has 1 amide bonds. The van der Waals surface area contributed by atoms with Gasteiger partial charge in [-0.3, -0.25) is 14.2 Å². The fourth-order valence-corrected chi connectivity index (χ4v) is 2.94. The van der Waals surface area contributed by atoms with Crippen molar-refractivity contribution in [2.24, 2.45) is 0 Å². The summed E-state index contributed by atoms with van der Waals surface area (Å²) < 4.78 is 12.2. The van der Waals surface area contributed by atoms with E-state index in [1.807, 2.05) is 24.3 Å². The smallest absolute Gasteiger partial charge is 0.253 e. The SMILES string of the molecule is CCCCOc1ccc(C(=O)NCCn2cnc(-c3ccc(OC)cc3)cc2=O)cc1. The molecule has 0 fully saturated rings. The lowest BCUT2D eigenvalue weighted by Gasteiger charge is -2.09. The van der Waals surface area contributed by atoms with E-state index in [-0.39, 0.29) is 11.5 Å². The zero-order chi connectivity index (χ0) is 22.1. The molecule has 162 valence electrons. The maximum Gasteiger partial charge on any atom is 0.253 e. The van der Waals surface area contributed by atoms with E-state index in [0.717, 1.165) is 29.9 Å². The molecule has 31 heavy (non-hydrogen) atoms. The number of unbranched alkanes of at least 4 members (excludes halogenated alkanes) is 1. The Morgan fingerprint density at radius 3 is 2.42 bits per heavy atom. The Balaban J connectivity index is 1.52. The van der Waals surface area contributed by atoms with E-state index in [1.54, 1.807) is 31.4 Å². The quantitative estimate of drug-likeness (QED) is 0.507. The van der Waals surface area contributed by atoms with Crippen LogP contribution in [0.5, 0.6) is 11.5 Å². The highest BCUT2D eigenvalue weighted by Crippen LogP contribution is 2.19. The van der Waals surface area contributed by atoms with E-state index in [2.05, 4.69) is 17.2 Å². The molecule has 1 aromatic heterocycles. The third-order valence-electron chi connectivity index (χ3n) is 4.79. The van der Waals surface area contributed by atoms with Crippen LogP contribution in [0.4, 0.5) is 0 Å². The van der Waals surface area contributed by atoms with Gasteiger partial charge < -0.3 is 14.8 Å². The van der Waals surface area contributed by atoms with Gasteiger partial charge in [0.1, 0.15) is 11.5 Å². The summed E-state index contributed by atoms with van der Waals surface area (Å²) in [5.41, 5.74) is 1.79. The molecular formula is C24H27N3O4. The number of nitrogens with one attached hydrogen (secondary N) is 1. The van der Waals surface area contributed by atoms with Crippen molar-refractivity contribution in [2.75, 3.05) is 20.3 Å². The van der Waals surface area contributed by atoms with E-state index in [0.29, 0.717) is 31.0 Å². The third kappa shape index (κ3) is 6.18. The molecule has 7 heteroatoms. The highest BCUT2D eigenvalue weighted by Gasteiger charge is 2.07. The predicted octanol–water partition coefficient (Wildman–Crippen LogP) is 3.53. The Labute approximate surface area is 181 Å². The standard InChI is InChI=1S/C24H27N3O4/c1-3-4-15-31-21-11-7-19(8-12-21)24(29)25-13-14-27-17-26-22(16-23(27)28)18-5-9-20(30-2)10-6-18/h5-12,16-17H,3-4,13-15H2,1-2H3,(H,25,29). The Kier molecular flexibility index (Phi) is 7.81. The molecule has 3 rings (SSSR count). The van der Waals surface area contributed by atoms with Crippen LogP contribution in [0.1, 0.15) is 30.1 Å². The summed E-state index contributed by atoms with van der Waals surface area (Å²) >= 11 is 0. The number of amides is 1. The van der Waals surface area contributed by atoms with Crippen molar-refractivity contribution in [1.29, 1.82) is 0 Å². The van der Waals surface area contributed by atoms with Crippen LogP contribution in [0, 0.1) is 0 Å². The second kappa shape index (κ2) is 11.0. The lowest BCUT2D eigenvalue weighted by molar-refractivity contribution is 0.0952. The molecule has 0 atom stereocenters. The normalized spacial score (nSPS) is 10.5. The van der Waals surface area contributed by atoms with Crippen molar-refractivity contribution >= 4 is 5.91 Å².